The zero-order valence-corrected chi connectivity index (χ0v) is 12.4. The van der Waals surface area contributed by atoms with Crippen LogP contribution in [0.3, 0.4) is 0 Å². The first kappa shape index (κ1) is 14.0. The van der Waals surface area contributed by atoms with Crippen molar-refractivity contribution in [2.45, 2.75) is 12.5 Å². The van der Waals surface area contributed by atoms with Gasteiger partial charge in [-0.05, 0) is 44.9 Å². The van der Waals surface area contributed by atoms with E-state index < -0.39 is 0 Å². The second-order valence-electron chi connectivity index (χ2n) is 3.81. The van der Waals surface area contributed by atoms with Crippen molar-refractivity contribution in [1.29, 1.82) is 0 Å². The van der Waals surface area contributed by atoms with Crippen molar-refractivity contribution in [3.05, 3.63) is 55.4 Å². The molecule has 2 nitrogen and oxygen atoms in total. The lowest BCUT2D eigenvalue weighted by Gasteiger charge is -2.16. The molecule has 2 aromatic rings. The van der Waals surface area contributed by atoms with E-state index in [2.05, 4.69) is 21.4 Å². The Morgan fingerprint density at radius 1 is 1.44 bits per heavy atom. The maximum Gasteiger partial charge on any atom is 0.145 e. The van der Waals surface area contributed by atoms with Crippen molar-refractivity contribution < 1.29 is 4.39 Å². The lowest BCUT2D eigenvalue weighted by molar-refractivity contribution is 0.529. The minimum atomic E-state index is -0.384. The highest BCUT2D eigenvalue weighted by Crippen LogP contribution is 2.30. The SMILES string of the molecule is NNC(Cc1cccc(Cl)c1F)c1cscc1Br. The molecule has 0 spiro atoms. The summed E-state index contributed by atoms with van der Waals surface area (Å²) in [5.41, 5.74) is 4.27. The molecule has 0 aliphatic heterocycles. The number of benzene rings is 1. The van der Waals surface area contributed by atoms with E-state index in [-0.39, 0.29) is 16.9 Å². The molecular weight excluding hydrogens is 339 g/mol. The maximum atomic E-state index is 13.8. The summed E-state index contributed by atoms with van der Waals surface area (Å²) < 4.78 is 14.8. The second kappa shape index (κ2) is 6.12. The Hall–Kier alpha value is -0.460. The molecule has 3 N–H and O–H groups in total. The monoisotopic (exact) mass is 348 g/mol. The van der Waals surface area contributed by atoms with Crippen LogP contribution < -0.4 is 11.3 Å². The van der Waals surface area contributed by atoms with Crippen LogP contribution >= 0.6 is 38.9 Å². The Balaban J connectivity index is 2.26. The Morgan fingerprint density at radius 3 is 2.83 bits per heavy atom. The van der Waals surface area contributed by atoms with Gasteiger partial charge >= 0.3 is 0 Å². The van der Waals surface area contributed by atoms with Gasteiger partial charge in [-0.25, -0.2) is 4.39 Å². The third-order valence-corrected chi connectivity index (χ3v) is 4.72. The molecule has 1 aromatic carbocycles. The average Bonchev–Trinajstić information content (AvgIpc) is 2.77. The minimum absolute atomic E-state index is 0.132. The molecular formula is C12H11BrClFN2S. The number of nitrogens with one attached hydrogen (secondary N) is 1. The van der Waals surface area contributed by atoms with E-state index in [9.17, 15) is 4.39 Å². The van der Waals surface area contributed by atoms with Gasteiger partial charge in [0.1, 0.15) is 5.82 Å². The van der Waals surface area contributed by atoms with Gasteiger partial charge < -0.3 is 0 Å². The van der Waals surface area contributed by atoms with E-state index in [4.69, 9.17) is 17.4 Å². The predicted molar refractivity (Wildman–Crippen MR) is 77.2 cm³/mol. The maximum absolute atomic E-state index is 13.8. The predicted octanol–water partition coefficient (Wildman–Crippen LogP) is 4.05. The molecule has 1 atom stereocenters. The van der Waals surface area contributed by atoms with Crippen LogP contribution in [0, 0.1) is 5.82 Å². The van der Waals surface area contributed by atoms with Crippen molar-refractivity contribution in [2.75, 3.05) is 0 Å². The van der Waals surface area contributed by atoms with Crippen LogP contribution in [-0.4, -0.2) is 0 Å². The zero-order chi connectivity index (χ0) is 13.1. The highest BCUT2D eigenvalue weighted by molar-refractivity contribution is 9.10. The normalized spacial score (nSPS) is 12.7. The van der Waals surface area contributed by atoms with E-state index >= 15 is 0 Å². The molecule has 0 saturated carbocycles. The summed E-state index contributed by atoms with van der Waals surface area (Å²) in [7, 11) is 0. The van der Waals surface area contributed by atoms with Gasteiger partial charge in [-0.1, -0.05) is 23.7 Å². The van der Waals surface area contributed by atoms with Gasteiger partial charge in [0.2, 0.25) is 0 Å². The zero-order valence-electron chi connectivity index (χ0n) is 9.29. The Bertz CT molecular complexity index is 547. The van der Waals surface area contributed by atoms with Crippen LogP contribution in [-0.2, 0) is 6.42 Å². The summed E-state index contributed by atoms with van der Waals surface area (Å²) in [6.45, 7) is 0. The Labute approximate surface area is 122 Å². The number of halogens is 3. The number of hydrogen-bond acceptors (Lipinski definition) is 3. The Morgan fingerprint density at radius 2 is 2.22 bits per heavy atom. The number of hydrazine groups is 1. The molecule has 1 unspecified atom stereocenters. The van der Waals surface area contributed by atoms with Crippen molar-refractivity contribution in [3.8, 4) is 0 Å². The summed E-state index contributed by atoms with van der Waals surface area (Å²) in [6.07, 6.45) is 0.443. The number of hydrogen-bond donors (Lipinski definition) is 2. The third kappa shape index (κ3) is 2.92. The summed E-state index contributed by atoms with van der Waals surface area (Å²) in [6, 6.07) is 4.83. The van der Waals surface area contributed by atoms with E-state index in [0.29, 0.717) is 12.0 Å². The van der Waals surface area contributed by atoms with Crippen LogP contribution in [0.15, 0.2) is 33.4 Å². The molecule has 0 amide bonds. The van der Waals surface area contributed by atoms with E-state index in [0.717, 1.165) is 10.0 Å². The van der Waals surface area contributed by atoms with Crippen LogP contribution in [0.2, 0.25) is 5.02 Å². The van der Waals surface area contributed by atoms with Gasteiger partial charge in [0.25, 0.3) is 0 Å². The molecule has 0 aliphatic rings. The summed E-state index contributed by atoms with van der Waals surface area (Å²) in [4.78, 5) is 0. The van der Waals surface area contributed by atoms with E-state index in [1.165, 1.54) is 6.07 Å². The number of thiophene rings is 1. The molecule has 0 radical (unpaired) electrons. The van der Waals surface area contributed by atoms with Crippen molar-refractivity contribution in [3.63, 3.8) is 0 Å². The van der Waals surface area contributed by atoms with Crippen LogP contribution in [0.4, 0.5) is 4.39 Å². The lowest BCUT2D eigenvalue weighted by atomic mass is 10.0. The molecule has 0 aliphatic carbocycles. The topological polar surface area (TPSA) is 38.0 Å². The molecule has 2 rings (SSSR count). The first-order chi connectivity index (χ1) is 8.63. The van der Waals surface area contributed by atoms with Gasteiger partial charge in [0.15, 0.2) is 0 Å². The largest absolute Gasteiger partial charge is 0.271 e. The fourth-order valence-corrected chi connectivity index (χ4v) is 3.55. The summed E-state index contributed by atoms with van der Waals surface area (Å²) >= 11 is 10.8. The highest BCUT2D eigenvalue weighted by Gasteiger charge is 2.17. The standard InChI is InChI=1S/C12H11BrClFN2S/c13-9-6-18-5-8(9)11(17-16)4-7-2-1-3-10(14)12(7)15/h1-3,5-6,11,17H,4,16H2. The van der Waals surface area contributed by atoms with Gasteiger partial charge in [-0.3, -0.25) is 11.3 Å². The van der Waals surface area contributed by atoms with Crippen molar-refractivity contribution in [1.82, 2.24) is 5.43 Å². The third-order valence-electron chi connectivity index (χ3n) is 2.67. The molecule has 6 heteroatoms. The Kier molecular flexibility index (Phi) is 4.75. The average molecular weight is 350 g/mol. The van der Waals surface area contributed by atoms with Crippen LogP contribution in [0.5, 0.6) is 0 Å². The lowest BCUT2D eigenvalue weighted by Crippen LogP contribution is -2.29. The molecule has 0 bridgehead atoms. The second-order valence-corrected chi connectivity index (χ2v) is 5.82. The van der Waals surface area contributed by atoms with E-state index in [1.54, 1.807) is 23.5 Å². The summed E-state index contributed by atoms with van der Waals surface area (Å²) in [5, 5.41) is 4.08. The van der Waals surface area contributed by atoms with Crippen molar-refractivity contribution >= 4 is 38.9 Å². The van der Waals surface area contributed by atoms with Gasteiger partial charge in [0.05, 0.1) is 11.1 Å². The van der Waals surface area contributed by atoms with E-state index in [1.807, 2.05) is 10.8 Å². The molecule has 1 heterocycles. The number of rotatable bonds is 4. The molecule has 1 aromatic heterocycles. The fraction of sp³-hybridized carbons (Fsp3) is 0.167. The molecule has 0 saturated heterocycles. The quantitative estimate of drug-likeness (QED) is 0.645. The highest BCUT2D eigenvalue weighted by atomic mass is 79.9. The van der Waals surface area contributed by atoms with Crippen LogP contribution in [0.1, 0.15) is 17.2 Å². The molecule has 18 heavy (non-hydrogen) atoms. The van der Waals surface area contributed by atoms with Gasteiger partial charge in [0, 0.05) is 9.85 Å². The minimum Gasteiger partial charge on any atom is -0.271 e. The van der Waals surface area contributed by atoms with Crippen LogP contribution in [0.25, 0.3) is 0 Å². The summed E-state index contributed by atoms with van der Waals surface area (Å²) in [5.74, 6) is 5.16. The van der Waals surface area contributed by atoms with Gasteiger partial charge in [-0.2, -0.15) is 11.3 Å². The van der Waals surface area contributed by atoms with Crippen molar-refractivity contribution in [2.24, 2.45) is 5.84 Å². The molecule has 96 valence electrons. The first-order valence-electron chi connectivity index (χ1n) is 5.24. The first-order valence-corrected chi connectivity index (χ1v) is 7.35. The molecule has 0 fully saturated rings. The number of nitrogens with two attached hydrogens (primary N) is 1. The van der Waals surface area contributed by atoms with Gasteiger partial charge in [-0.15, -0.1) is 0 Å². The fourth-order valence-electron chi connectivity index (χ4n) is 1.72. The smallest absolute Gasteiger partial charge is 0.145 e.